The molecule has 0 N–H and O–H groups in total. The molecule has 76 valence electrons. The molecule has 0 spiro atoms. The van der Waals surface area contributed by atoms with Crippen LogP contribution >= 0.6 is 34.8 Å². The molecule has 0 atom stereocenters. The van der Waals surface area contributed by atoms with Gasteiger partial charge in [0.2, 0.25) is 5.88 Å². The molecular formula is C7H3Cl3NNaO3. The van der Waals surface area contributed by atoms with Crippen LogP contribution in [-0.4, -0.2) is 17.6 Å². The standard InChI is InChI=1S/C7H4Cl3NO3.Na/c8-3-1-11-7(6(10)5(3)9)14-2-4(12)13;/h1H,2H2,(H,12,13);/q;+1/p-1. The Hall–Kier alpha value is 0.290. The summed E-state index contributed by atoms with van der Waals surface area (Å²) in [6, 6.07) is 0. The van der Waals surface area contributed by atoms with Crippen molar-refractivity contribution in [2.45, 2.75) is 0 Å². The molecule has 1 rings (SSSR count). The Balaban J connectivity index is 0.00000196. The first-order valence-electron chi connectivity index (χ1n) is 3.34. The van der Waals surface area contributed by atoms with Gasteiger partial charge < -0.3 is 14.6 Å². The number of carboxylic acids is 1. The molecule has 8 heteroatoms. The van der Waals surface area contributed by atoms with Gasteiger partial charge in [0.15, 0.2) is 0 Å². The number of halogens is 3. The minimum Gasteiger partial charge on any atom is -0.546 e. The van der Waals surface area contributed by atoms with Gasteiger partial charge in [-0.15, -0.1) is 0 Å². The number of aliphatic carboxylic acids is 1. The predicted octanol–water partition coefficient (Wildman–Crippen LogP) is -1.83. The topological polar surface area (TPSA) is 62.2 Å². The number of hydrogen-bond donors (Lipinski definition) is 0. The maximum atomic E-state index is 10.1. The van der Waals surface area contributed by atoms with Crippen LogP contribution in [0.5, 0.6) is 5.88 Å². The van der Waals surface area contributed by atoms with Crippen molar-refractivity contribution in [2.24, 2.45) is 0 Å². The summed E-state index contributed by atoms with van der Waals surface area (Å²) in [5.41, 5.74) is 0. The van der Waals surface area contributed by atoms with Crippen LogP contribution in [0.3, 0.4) is 0 Å². The SMILES string of the molecule is O=C([O-])COc1ncc(Cl)c(Cl)c1Cl.[Na+]. The van der Waals surface area contributed by atoms with Crippen molar-refractivity contribution in [3.05, 3.63) is 21.3 Å². The number of carboxylic acid groups (broad SMARTS) is 1. The van der Waals surface area contributed by atoms with E-state index < -0.39 is 12.6 Å². The zero-order valence-electron chi connectivity index (χ0n) is 7.59. The number of pyridine rings is 1. The Morgan fingerprint density at radius 2 is 2.00 bits per heavy atom. The van der Waals surface area contributed by atoms with E-state index in [0.29, 0.717) is 0 Å². The van der Waals surface area contributed by atoms with Gasteiger partial charge >= 0.3 is 29.6 Å². The van der Waals surface area contributed by atoms with E-state index in [1.807, 2.05) is 0 Å². The van der Waals surface area contributed by atoms with Gasteiger partial charge in [0.1, 0.15) is 11.6 Å². The number of aromatic nitrogens is 1. The third kappa shape index (κ3) is 4.34. The molecule has 0 bridgehead atoms. The Morgan fingerprint density at radius 3 is 2.53 bits per heavy atom. The molecule has 0 saturated carbocycles. The monoisotopic (exact) mass is 277 g/mol. The second-order valence-electron chi connectivity index (χ2n) is 2.20. The number of carbonyl (C=O) groups excluding carboxylic acids is 1. The Morgan fingerprint density at radius 1 is 1.40 bits per heavy atom. The summed E-state index contributed by atoms with van der Waals surface area (Å²) < 4.78 is 4.69. The van der Waals surface area contributed by atoms with Crippen LogP contribution in [0.1, 0.15) is 0 Å². The van der Waals surface area contributed by atoms with Crippen molar-refractivity contribution >= 4 is 40.8 Å². The van der Waals surface area contributed by atoms with Gasteiger partial charge in [-0.2, -0.15) is 0 Å². The first-order chi connectivity index (χ1) is 6.52. The van der Waals surface area contributed by atoms with Gasteiger partial charge in [-0.05, 0) is 0 Å². The Bertz CT molecular complexity index is 375. The van der Waals surface area contributed by atoms with E-state index in [2.05, 4.69) is 9.72 Å². The van der Waals surface area contributed by atoms with Crippen molar-refractivity contribution in [3.63, 3.8) is 0 Å². The fourth-order valence-corrected chi connectivity index (χ4v) is 1.18. The van der Waals surface area contributed by atoms with Crippen LogP contribution in [0.4, 0.5) is 0 Å². The molecule has 0 saturated heterocycles. The second-order valence-corrected chi connectivity index (χ2v) is 3.36. The van der Waals surface area contributed by atoms with E-state index in [1.165, 1.54) is 6.20 Å². The first-order valence-corrected chi connectivity index (χ1v) is 4.48. The summed E-state index contributed by atoms with van der Waals surface area (Å²) in [5, 5.41) is 10.3. The summed E-state index contributed by atoms with van der Waals surface area (Å²) >= 11 is 16.9. The van der Waals surface area contributed by atoms with E-state index in [0.717, 1.165) is 0 Å². The molecule has 0 aromatic carbocycles. The largest absolute Gasteiger partial charge is 1.00 e. The zero-order chi connectivity index (χ0) is 10.7. The summed E-state index contributed by atoms with van der Waals surface area (Å²) in [7, 11) is 0. The zero-order valence-corrected chi connectivity index (χ0v) is 11.9. The van der Waals surface area contributed by atoms with Gasteiger partial charge in [0.25, 0.3) is 0 Å². The molecule has 1 aromatic heterocycles. The van der Waals surface area contributed by atoms with Gasteiger partial charge in [0.05, 0.1) is 22.2 Å². The fourth-order valence-electron chi connectivity index (χ4n) is 0.655. The van der Waals surface area contributed by atoms with Gasteiger partial charge in [-0.1, -0.05) is 34.8 Å². The maximum absolute atomic E-state index is 10.1. The van der Waals surface area contributed by atoms with Gasteiger partial charge in [-0.3, -0.25) is 0 Å². The van der Waals surface area contributed by atoms with Crippen molar-refractivity contribution in [3.8, 4) is 5.88 Å². The molecule has 1 aromatic rings. The smallest absolute Gasteiger partial charge is 0.546 e. The van der Waals surface area contributed by atoms with Crippen molar-refractivity contribution < 1.29 is 44.2 Å². The van der Waals surface area contributed by atoms with E-state index >= 15 is 0 Å². The molecule has 0 aliphatic carbocycles. The number of hydrogen-bond acceptors (Lipinski definition) is 4. The molecule has 0 radical (unpaired) electrons. The van der Waals surface area contributed by atoms with Crippen LogP contribution in [-0.2, 0) is 4.79 Å². The fraction of sp³-hybridized carbons (Fsp3) is 0.143. The van der Waals surface area contributed by atoms with E-state index in [4.69, 9.17) is 34.8 Å². The van der Waals surface area contributed by atoms with Crippen molar-refractivity contribution in [1.82, 2.24) is 4.98 Å². The van der Waals surface area contributed by atoms with Crippen molar-refractivity contribution in [1.29, 1.82) is 0 Å². The van der Waals surface area contributed by atoms with Gasteiger partial charge in [-0.25, -0.2) is 4.98 Å². The number of rotatable bonds is 3. The summed E-state index contributed by atoms with van der Waals surface area (Å²) in [6.07, 6.45) is 1.21. The van der Waals surface area contributed by atoms with Gasteiger partial charge in [0, 0.05) is 0 Å². The average molecular weight is 278 g/mol. The molecule has 15 heavy (non-hydrogen) atoms. The average Bonchev–Trinajstić information content (AvgIpc) is 2.13. The van der Waals surface area contributed by atoms with Crippen LogP contribution in [0.15, 0.2) is 6.20 Å². The molecule has 1 heterocycles. The molecule has 0 fully saturated rings. The molecule has 4 nitrogen and oxygen atoms in total. The molecule has 0 aliphatic rings. The van der Waals surface area contributed by atoms with E-state index in [-0.39, 0.29) is 50.5 Å². The summed E-state index contributed by atoms with van der Waals surface area (Å²) in [5.74, 6) is -1.47. The number of carbonyl (C=O) groups is 1. The predicted molar refractivity (Wildman–Crippen MR) is 49.8 cm³/mol. The molecule has 0 unspecified atom stereocenters. The van der Waals surface area contributed by atoms with Crippen LogP contribution in [0.25, 0.3) is 0 Å². The van der Waals surface area contributed by atoms with E-state index in [9.17, 15) is 9.90 Å². The third-order valence-electron chi connectivity index (χ3n) is 1.21. The Kier molecular flexibility index (Phi) is 6.91. The quantitative estimate of drug-likeness (QED) is 0.611. The minimum absolute atomic E-state index is 0. The van der Waals surface area contributed by atoms with Crippen molar-refractivity contribution in [2.75, 3.05) is 6.61 Å². The summed E-state index contributed by atoms with van der Waals surface area (Å²) in [4.78, 5) is 13.7. The number of ether oxygens (including phenoxy) is 1. The number of nitrogens with zero attached hydrogens (tertiary/aromatic N) is 1. The molecule has 0 amide bonds. The van der Waals surface area contributed by atoms with Crippen LogP contribution in [0.2, 0.25) is 15.1 Å². The Labute approximate surface area is 123 Å². The summed E-state index contributed by atoms with van der Waals surface area (Å²) in [6.45, 7) is -0.648. The third-order valence-corrected chi connectivity index (χ3v) is 2.44. The minimum atomic E-state index is -1.38. The van der Waals surface area contributed by atoms with Crippen LogP contribution < -0.4 is 39.4 Å². The molecule has 0 aliphatic heterocycles. The first kappa shape index (κ1) is 15.3. The molecular weight excluding hydrogens is 275 g/mol. The second kappa shape index (κ2) is 6.78. The van der Waals surface area contributed by atoms with Crippen LogP contribution in [0, 0.1) is 0 Å². The van der Waals surface area contributed by atoms with E-state index in [1.54, 1.807) is 0 Å². The maximum Gasteiger partial charge on any atom is 1.00 e. The normalized spacial score (nSPS) is 9.27.